The largest absolute Gasteiger partial charge is 0.452 e. The third kappa shape index (κ3) is 5.04. The summed E-state index contributed by atoms with van der Waals surface area (Å²) in [7, 11) is 1.39. The first-order chi connectivity index (χ1) is 16.4. The fraction of sp³-hybridized carbons (Fsp3) is 0.185. The van der Waals surface area contributed by atoms with Gasteiger partial charge in [-0.25, -0.2) is 4.79 Å². The molecule has 7 nitrogen and oxygen atoms in total. The molecule has 0 unspecified atom stereocenters. The number of imide groups is 1. The minimum Gasteiger partial charge on any atom is -0.452 e. The van der Waals surface area contributed by atoms with E-state index in [9.17, 15) is 19.2 Å². The molecule has 0 fully saturated rings. The van der Waals surface area contributed by atoms with Gasteiger partial charge in [0.15, 0.2) is 6.61 Å². The average Bonchev–Trinajstić information content (AvgIpc) is 3.09. The molecular weight excluding hydrogens is 432 g/mol. The van der Waals surface area contributed by atoms with Crippen molar-refractivity contribution in [1.82, 2.24) is 9.80 Å². The SMILES string of the molecule is CN1C(=O)c2ccc(C(=O)OCC(=O)N(CCc3ccccc3)Cc3ccccc3)cc2C1=O. The molecule has 172 valence electrons. The van der Waals surface area contributed by atoms with E-state index in [2.05, 4.69) is 0 Å². The van der Waals surface area contributed by atoms with E-state index in [1.165, 1.54) is 25.2 Å². The van der Waals surface area contributed by atoms with Gasteiger partial charge >= 0.3 is 5.97 Å². The Morgan fingerprint density at radius 1 is 0.824 bits per heavy atom. The lowest BCUT2D eigenvalue weighted by Crippen LogP contribution is -2.35. The van der Waals surface area contributed by atoms with Crippen molar-refractivity contribution in [3.63, 3.8) is 0 Å². The normalized spacial score (nSPS) is 12.4. The van der Waals surface area contributed by atoms with Crippen molar-refractivity contribution in [2.45, 2.75) is 13.0 Å². The molecule has 3 aromatic rings. The second-order valence-corrected chi connectivity index (χ2v) is 8.04. The number of hydrogen-bond acceptors (Lipinski definition) is 5. The topological polar surface area (TPSA) is 84.0 Å². The number of rotatable bonds is 8. The van der Waals surface area contributed by atoms with Crippen LogP contribution in [0.2, 0.25) is 0 Å². The molecule has 0 atom stereocenters. The van der Waals surface area contributed by atoms with Crippen LogP contribution in [-0.4, -0.2) is 53.7 Å². The van der Waals surface area contributed by atoms with Crippen LogP contribution in [0.4, 0.5) is 0 Å². The Morgan fingerprint density at radius 2 is 1.44 bits per heavy atom. The fourth-order valence-corrected chi connectivity index (χ4v) is 3.79. The highest BCUT2D eigenvalue weighted by molar-refractivity contribution is 6.21. The van der Waals surface area contributed by atoms with Crippen molar-refractivity contribution in [3.05, 3.63) is 107 Å². The van der Waals surface area contributed by atoms with Gasteiger partial charge in [0.05, 0.1) is 16.7 Å². The molecule has 1 heterocycles. The van der Waals surface area contributed by atoms with Gasteiger partial charge in [0.2, 0.25) is 0 Å². The molecule has 1 aliphatic heterocycles. The quantitative estimate of drug-likeness (QED) is 0.384. The van der Waals surface area contributed by atoms with Gasteiger partial charge in [-0.05, 0) is 35.7 Å². The van der Waals surface area contributed by atoms with Crippen LogP contribution in [0.3, 0.4) is 0 Å². The molecule has 34 heavy (non-hydrogen) atoms. The van der Waals surface area contributed by atoms with E-state index in [-0.39, 0.29) is 22.6 Å². The number of amides is 3. The number of carbonyl (C=O) groups excluding carboxylic acids is 4. The van der Waals surface area contributed by atoms with E-state index in [4.69, 9.17) is 4.74 Å². The van der Waals surface area contributed by atoms with Crippen molar-refractivity contribution < 1.29 is 23.9 Å². The van der Waals surface area contributed by atoms with Crippen molar-refractivity contribution in [2.24, 2.45) is 0 Å². The van der Waals surface area contributed by atoms with Crippen LogP contribution in [0.25, 0.3) is 0 Å². The molecule has 0 N–H and O–H groups in total. The predicted molar refractivity (Wildman–Crippen MR) is 125 cm³/mol. The number of benzene rings is 3. The van der Waals surface area contributed by atoms with Gasteiger partial charge in [0, 0.05) is 20.1 Å². The molecule has 0 saturated heterocycles. The third-order valence-electron chi connectivity index (χ3n) is 5.73. The number of ether oxygens (including phenoxy) is 1. The van der Waals surface area contributed by atoms with Gasteiger partial charge in [-0.15, -0.1) is 0 Å². The smallest absolute Gasteiger partial charge is 0.338 e. The maximum Gasteiger partial charge on any atom is 0.338 e. The van der Waals surface area contributed by atoms with Crippen molar-refractivity contribution >= 4 is 23.7 Å². The Hall–Kier alpha value is -4.26. The lowest BCUT2D eigenvalue weighted by Gasteiger charge is -2.23. The number of hydrogen-bond donors (Lipinski definition) is 0. The van der Waals surface area contributed by atoms with E-state index in [1.54, 1.807) is 4.90 Å². The van der Waals surface area contributed by atoms with Crippen LogP contribution in [0, 0.1) is 0 Å². The molecule has 0 aromatic heterocycles. The van der Waals surface area contributed by atoms with Crippen molar-refractivity contribution in [2.75, 3.05) is 20.2 Å². The van der Waals surface area contributed by atoms with Gasteiger partial charge in [-0.1, -0.05) is 60.7 Å². The average molecular weight is 456 g/mol. The molecule has 1 aliphatic rings. The van der Waals surface area contributed by atoms with E-state index < -0.39 is 24.4 Å². The molecule has 0 radical (unpaired) electrons. The zero-order valence-electron chi connectivity index (χ0n) is 18.8. The summed E-state index contributed by atoms with van der Waals surface area (Å²) >= 11 is 0. The van der Waals surface area contributed by atoms with Crippen LogP contribution < -0.4 is 0 Å². The first-order valence-corrected chi connectivity index (χ1v) is 10.9. The number of carbonyl (C=O) groups is 4. The van der Waals surface area contributed by atoms with Gasteiger partial charge < -0.3 is 9.64 Å². The lowest BCUT2D eigenvalue weighted by atomic mass is 10.1. The molecule has 0 saturated carbocycles. The summed E-state index contributed by atoms with van der Waals surface area (Å²) in [6.07, 6.45) is 0.668. The summed E-state index contributed by atoms with van der Waals surface area (Å²) in [6.45, 7) is 0.438. The summed E-state index contributed by atoms with van der Waals surface area (Å²) in [4.78, 5) is 52.4. The molecule has 4 rings (SSSR count). The second kappa shape index (κ2) is 10.1. The summed E-state index contributed by atoms with van der Waals surface area (Å²) in [5, 5.41) is 0. The number of esters is 1. The highest BCUT2D eigenvalue weighted by Gasteiger charge is 2.33. The highest BCUT2D eigenvalue weighted by atomic mass is 16.5. The molecule has 3 aromatic carbocycles. The summed E-state index contributed by atoms with van der Waals surface area (Å²) in [5.74, 6) is -1.93. The van der Waals surface area contributed by atoms with Gasteiger partial charge in [0.25, 0.3) is 17.7 Å². The van der Waals surface area contributed by atoms with Crippen LogP contribution in [-0.2, 0) is 22.5 Å². The summed E-state index contributed by atoms with van der Waals surface area (Å²) in [6, 6.07) is 23.6. The monoisotopic (exact) mass is 456 g/mol. The maximum atomic E-state index is 13.0. The van der Waals surface area contributed by atoms with Crippen molar-refractivity contribution in [3.8, 4) is 0 Å². The predicted octanol–water partition coefficient (Wildman–Crippen LogP) is 3.34. The molecule has 0 spiro atoms. The van der Waals surface area contributed by atoms with E-state index in [0.717, 1.165) is 16.0 Å². The van der Waals surface area contributed by atoms with E-state index in [0.29, 0.717) is 19.5 Å². The van der Waals surface area contributed by atoms with E-state index >= 15 is 0 Å². The van der Waals surface area contributed by atoms with Crippen LogP contribution in [0.15, 0.2) is 78.9 Å². The summed E-state index contributed by atoms with van der Waals surface area (Å²) in [5.41, 5.74) is 2.59. The molecule has 0 bridgehead atoms. The first kappa shape index (κ1) is 22.9. The highest BCUT2D eigenvalue weighted by Crippen LogP contribution is 2.23. The van der Waals surface area contributed by atoms with Crippen LogP contribution in [0.1, 0.15) is 42.2 Å². The standard InChI is InChI=1S/C27H24N2O5/c1-28-25(31)22-13-12-21(16-23(22)26(28)32)27(33)34-18-24(30)29(17-20-10-6-3-7-11-20)15-14-19-8-4-2-5-9-19/h2-13,16H,14-15,17-18H2,1H3. The second-order valence-electron chi connectivity index (χ2n) is 8.04. The van der Waals surface area contributed by atoms with Crippen molar-refractivity contribution in [1.29, 1.82) is 0 Å². The maximum absolute atomic E-state index is 13.0. The molecule has 7 heteroatoms. The summed E-state index contributed by atoms with van der Waals surface area (Å²) < 4.78 is 5.27. The van der Waals surface area contributed by atoms with Gasteiger partial charge in [-0.2, -0.15) is 0 Å². The Morgan fingerprint density at radius 3 is 2.12 bits per heavy atom. The minimum atomic E-state index is -0.728. The lowest BCUT2D eigenvalue weighted by molar-refractivity contribution is -0.135. The Bertz CT molecular complexity index is 1220. The number of fused-ring (bicyclic) bond motifs is 1. The van der Waals surface area contributed by atoms with Gasteiger partial charge in [0.1, 0.15) is 0 Å². The third-order valence-corrected chi connectivity index (χ3v) is 5.73. The zero-order valence-corrected chi connectivity index (χ0v) is 18.8. The van der Waals surface area contributed by atoms with Gasteiger partial charge in [-0.3, -0.25) is 19.3 Å². The van der Waals surface area contributed by atoms with Crippen LogP contribution in [0.5, 0.6) is 0 Å². The van der Waals surface area contributed by atoms with E-state index in [1.807, 2.05) is 60.7 Å². The first-order valence-electron chi connectivity index (χ1n) is 10.9. The Labute approximate surface area is 197 Å². The van der Waals surface area contributed by atoms with Crippen LogP contribution >= 0.6 is 0 Å². The fourth-order valence-electron chi connectivity index (χ4n) is 3.79. The molecule has 3 amide bonds. The zero-order chi connectivity index (χ0) is 24.1. The Kier molecular flexibility index (Phi) is 6.82. The number of nitrogens with zero attached hydrogens (tertiary/aromatic N) is 2. The molecular formula is C27H24N2O5. The molecule has 0 aliphatic carbocycles. The minimum absolute atomic E-state index is 0.113. The Balaban J connectivity index is 1.42.